The van der Waals surface area contributed by atoms with Crippen molar-refractivity contribution in [1.29, 1.82) is 0 Å². The molecule has 0 atom stereocenters. The molecule has 1 N–H and O–H groups in total. The number of hydrogen-bond donors (Lipinski definition) is 1. The lowest BCUT2D eigenvalue weighted by atomic mass is 9.92. The second kappa shape index (κ2) is 7.75. The van der Waals surface area contributed by atoms with E-state index < -0.39 is 0 Å². The molecule has 0 aliphatic carbocycles. The predicted molar refractivity (Wildman–Crippen MR) is 115 cm³/mol. The van der Waals surface area contributed by atoms with Crippen molar-refractivity contribution in [2.45, 2.75) is 53.9 Å². The quantitative estimate of drug-likeness (QED) is 0.803. The summed E-state index contributed by atoms with van der Waals surface area (Å²) in [6, 6.07) is 13.2. The summed E-state index contributed by atoms with van der Waals surface area (Å²) >= 11 is 0. The number of nitrogens with zero attached hydrogens (tertiary/aromatic N) is 1. The maximum absolute atomic E-state index is 12.4. The van der Waals surface area contributed by atoms with Crippen molar-refractivity contribution in [3.05, 3.63) is 58.7 Å². The Hall–Kier alpha value is -2.29. The summed E-state index contributed by atoms with van der Waals surface area (Å²) in [6.45, 7) is 12.5. The Labute approximate surface area is 163 Å². The number of aryl methyl sites for hydroxylation is 2. The molecule has 0 spiro atoms. The van der Waals surface area contributed by atoms with Crippen molar-refractivity contribution >= 4 is 17.3 Å². The number of hydrogen-bond acceptors (Lipinski definition) is 2. The van der Waals surface area contributed by atoms with E-state index in [0.717, 1.165) is 42.7 Å². The third kappa shape index (κ3) is 4.91. The van der Waals surface area contributed by atoms with Crippen molar-refractivity contribution in [1.82, 2.24) is 0 Å². The van der Waals surface area contributed by atoms with E-state index in [1.807, 2.05) is 0 Å². The van der Waals surface area contributed by atoms with Crippen LogP contribution in [0.2, 0.25) is 0 Å². The molecule has 0 aromatic heterocycles. The van der Waals surface area contributed by atoms with Crippen LogP contribution in [0, 0.1) is 19.3 Å². The maximum atomic E-state index is 12.4. The molecule has 2 aromatic rings. The van der Waals surface area contributed by atoms with Gasteiger partial charge in [-0.1, -0.05) is 45.0 Å². The van der Waals surface area contributed by atoms with E-state index in [0.29, 0.717) is 6.42 Å². The molecule has 2 aromatic carbocycles. The number of fused-ring (bicyclic) bond motifs is 1. The minimum Gasteiger partial charge on any atom is -0.371 e. The Morgan fingerprint density at radius 1 is 1.00 bits per heavy atom. The standard InChI is InChI=1S/C24H32N2O/c1-17-14-21(15-18(2)23(17)25-22(27)16-24(3,4)5)26-12-10-19-8-6-7-9-20(19)11-13-26/h6-9,14-15H,10-13,16H2,1-5H3,(H,25,27). The van der Waals surface area contributed by atoms with Gasteiger partial charge in [-0.15, -0.1) is 0 Å². The first-order chi connectivity index (χ1) is 12.7. The normalized spacial score (nSPS) is 14.5. The maximum Gasteiger partial charge on any atom is 0.224 e. The lowest BCUT2D eigenvalue weighted by Crippen LogP contribution is -2.26. The molecule has 0 saturated carbocycles. The highest BCUT2D eigenvalue weighted by Gasteiger charge is 2.19. The first kappa shape index (κ1) is 19.5. The topological polar surface area (TPSA) is 32.3 Å². The Balaban J connectivity index is 1.76. The molecule has 3 nitrogen and oxygen atoms in total. The second-order valence-electron chi connectivity index (χ2n) is 9.00. The fourth-order valence-electron chi connectivity index (χ4n) is 3.91. The molecular weight excluding hydrogens is 332 g/mol. The first-order valence-electron chi connectivity index (χ1n) is 9.96. The van der Waals surface area contributed by atoms with Crippen LogP contribution in [-0.2, 0) is 17.6 Å². The number of anilines is 2. The van der Waals surface area contributed by atoms with Gasteiger partial charge >= 0.3 is 0 Å². The zero-order chi connectivity index (χ0) is 19.6. The molecule has 144 valence electrons. The molecule has 0 unspecified atom stereocenters. The van der Waals surface area contributed by atoms with Crippen molar-refractivity contribution in [2.75, 3.05) is 23.3 Å². The third-order valence-corrected chi connectivity index (χ3v) is 5.26. The van der Waals surface area contributed by atoms with Gasteiger partial charge in [-0.05, 0) is 66.5 Å². The van der Waals surface area contributed by atoms with Gasteiger partial charge in [0.15, 0.2) is 0 Å². The van der Waals surface area contributed by atoms with Crippen LogP contribution in [-0.4, -0.2) is 19.0 Å². The zero-order valence-corrected chi connectivity index (χ0v) is 17.4. The summed E-state index contributed by atoms with van der Waals surface area (Å²) in [7, 11) is 0. The highest BCUT2D eigenvalue weighted by Crippen LogP contribution is 2.30. The minimum absolute atomic E-state index is 0.00705. The minimum atomic E-state index is -0.00705. The average molecular weight is 365 g/mol. The molecule has 3 rings (SSSR count). The summed E-state index contributed by atoms with van der Waals surface area (Å²) in [5.41, 5.74) is 7.42. The van der Waals surface area contributed by atoms with Crippen LogP contribution in [0.25, 0.3) is 0 Å². The van der Waals surface area contributed by atoms with Gasteiger partial charge in [0.05, 0.1) is 0 Å². The van der Waals surface area contributed by atoms with Crippen molar-refractivity contribution in [3.8, 4) is 0 Å². The van der Waals surface area contributed by atoms with Crippen LogP contribution in [0.1, 0.15) is 49.4 Å². The first-order valence-corrected chi connectivity index (χ1v) is 9.96. The van der Waals surface area contributed by atoms with Crippen LogP contribution in [0.15, 0.2) is 36.4 Å². The highest BCUT2D eigenvalue weighted by atomic mass is 16.1. The van der Waals surface area contributed by atoms with E-state index in [-0.39, 0.29) is 11.3 Å². The molecule has 1 amide bonds. The lowest BCUT2D eigenvalue weighted by Gasteiger charge is -2.25. The van der Waals surface area contributed by atoms with Crippen LogP contribution in [0.3, 0.4) is 0 Å². The molecule has 0 radical (unpaired) electrons. The molecular formula is C24H32N2O. The van der Waals surface area contributed by atoms with E-state index in [9.17, 15) is 4.79 Å². The Morgan fingerprint density at radius 2 is 1.52 bits per heavy atom. The van der Waals surface area contributed by atoms with Crippen molar-refractivity contribution in [2.24, 2.45) is 5.41 Å². The monoisotopic (exact) mass is 364 g/mol. The lowest BCUT2D eigenvalue weighted by molar-refractivity contribution is -0.117. The number of carbonyl (C=O) groups is 1. The Morgan fingerprint density at radius 3 is 2.00 bits per heavy atom. The largest absolute Gasteiger partial charge is 0.371 e. The number of benzene rings is 2. The van der Waals surface area contributed by atoms with Gasteiger partial charge in [0.1, 0.15) is 0 Å². The number of nitrogens with one attached hydrogen (secondary N) is 1. The average Bonchev–Trinajstić information content (AvgIpc) is 2.79. The second-order valence-corrected chi connectivity index (χ2v) is 9.00. The van der Waals surface area contributed by atoms with E-state index in [1.54, 1.807) is 0 Å². The van der Waals surface area contributed by atoms with Crippen LogP contribution >= 0.6 is 0 Å². The fourth-order valence-corrected chi connectivity index (χ4v) is 3.91. The summed E-state index contributed by atoms with van der Waals surface area (Å²) < 4.78 is 0. The van der Waals surface area contributed by atoms with E-state index in [2.05, 4.69) is 81.2 Å². The molecule has 1 aliphatic rings. The van der Waals surface area contributed by atoms with Crippen LogP contribution < -0.4 is 10.2 Å². The molecule has 0 saturated heterocycles. The van der Waals surface area contributed by atoms with Crippen molar-refractivity contribution < 1.29 is 4.79 Å². The molecule has 3 heteroatoms. The summed E-state index contributed by atoms with van der Waals surface area (Å²) in [4.78, 5) is 14.8. The molecule has 1 heterocycles. The van der Waals surface area contributed by atoms with Gasteiger partial charge in [-0.2, -0.15) is 0 Å². The SMILES string of the molecule is Cc1cc(N2CCc3ccccc3CC2)cc(C)c1NC(=O)CC(C)(C)C. The van der Waals surface area contributed by atoms with E-state index >= 15 is 0 Å². The van der Waals surface area contributed by atoms with Gasteiger partial charge in [0.25, 0.3) is 0 Å². The van der Waals surface area contributed by atoms with Crippen LogP contribution in [0.5, 0.6) is 0 Å². The molecule has 0 fully saturated rings. The third-order valence-electron chi connectivity index (χ3n) is 5.26. The smallest absolute Gasteiger partial charge is 0.224 e. The number of rotatable bonds is 3. The molecule has 1 aliphatic heterocycles. The van der Waals surface area contributed by atoms with Gasteiger partial charge in [-0.3, -0.25) is 4.79 Å². The summed E-state index contributed by atoms with van der Waals surface area (Å²) in [6.07, 6.45) is 2.69. The predicted octanol–water partition coefficient (Wildman–Crippen LogP) is 5.28. The van der Waals surface area contributed by atoms with Gasteiger partial charge in [-0.25, -0.2) is 0 Å². The van der Waals surface area contributed by atoms with E-state index in [4.69, 9.17) is 0 Å². The van der Waals surface area contributed by atoms with Gasteiger partial charge in [0, 0.05) is 30.9 Å². The zero-order valence-electron chi connectivity index (χ0n) is 17.4. The highest BCUT2D eigenvalue weighted by molar-refractivity contribution is 5.93. The van der Waals surface area contributed by atoms with Gasteiger partial charge in [0.2, 0.25) is 5.91 Å². The Bertz CT molecular complexity index is 783. The molecule has 27 heavy (non-hydrogen) atoms. The van der Waals surface area contributed by atoms with Gasteiger partial charge < -0.3 is 10.2 Å². The van der Waals surface area contributed by atoms with E-state index in [1.165, 1.54) is 16.8 Å². The molecule has 0 bridgehead atoms. The number of carbonyl (C=O) groups excluding carboxylic acids is 1. The Kier molecular flexibility index (Phi) is 5.59. The number of amides is 1. The summed E-state index contributed by atoms with van der Waals surface area (Å²) in [5, 5.41) is 3.13. The summed E-state index contributed by atoms with van der Waals surface area (Å²) in [5.74, 6) is 0.0895. The van der Waals surface area contributed by atoms with Crippen LogP contribution in [0.4, 0.5) is 11.4 Å². The fraction of sp³-hybridized carbons (Fsp3) is 0.458. The van der Waals surface area contributed by atoms with Crippen molar-refractivity contribution in [3.63, 3.8) is 0 Å².